The van der Waals surface area contributed by atoms with Crippen molar-refractivity contribution >= 4 is 0 Å². The number of nitrogens with one attached hydrogen (secondary N) is 2. The molecule has 33 heavy (non-hydrogen) atoms. The summed E-state index contributed by atoms with van der Waals surface area (Å²) in [5, 5.41) is 6.71. The van der Waals surface area contributed by atoms with Crippen molar-refractivity contribution in [1.82, 2.24) is 10.6 Å². The molecule has 0 spiro atoms. The first kappa shape index (κ1) is 23.1. The molecule has 3 aliphatic carbocycles. The third kappa shape index (κ3) is 4.66. The van der Waals surface area contributed by atoms with Crippen LogP contribution in [0.3, 0.4) is 0 Å². The predicted octanol–water partition coefficient (Wildman–Crippen LogP) is 5.92. The minimum Gasteiger partial charge on any atom is -0.387 e. The van der Waals surface area contributed by atoms with E-state index in [-0.39, 0.29) is 0 Å². The molecular formula is C31H44N2. The Labute approximate surface area is 202 Å². The average molecular weight is 445 g/mol. The Kier molecular flexibility index (Phi) is 7.23. The quantitative estimate of drug-likeness (QED) is 0.517. The molecule has 3 saturated carbocycles. The molecule has 5 rings (SSSR count). The summed E-state index contributed by atoms with van der Waals surface area (Å²) in [6.07, 6.45) is 19.8. The highest BCUT2D eigenvalue weighted by atomic mass is 14.9. The van der Waals surface area contributed by atoms with E-state index in [1.807, 2.05) is 6.20 Å². The van der Waals surface area contributed by atoms with E-state index in [0.717, 1.165) is 43.3 Å². The second-order valence-electron chi connectivity index (χ2n) is 11.5. The van der Waals surface area contributed by atoms with Crippen LogP contribution in [0.1, 0.15) is 78.1 Å². The molecule has 0 aromatic heterocycles. The van der Waals surface area contributed by atoms with E-state index in [2.05, 4.69) is 60.3 Å². The lowest BCUT2D eigenvalue weighted by atomic mass is 9.60. The fourth-order valence-electron chi connectivity index (χ4n) is 8.50. The zero-order valence-corrected chi connectivity index (χ0v) is 21.0. The van der Waals surface area contributed by atoms with Gasteiger partial charge < -0.3 is 10.6 Å². The van der Waals surface area contributed by atoms with Crippen molar-refractivity contribution in [3.63, 3.8) is 0 Å². The van der Waals surface area contributed by atoms with Crippen molar-refractivity contribution in [2.75, 3.05) is 19.6 Å². The highest BCUT2D eigenvalue weighted by Crippen LogP contribution is 2.66. The molecule has 178 valence electrons. The smallest absolute Gasteiger partial charge is 0.0340 e. The molecule has 2 aliphatic heterocycles. The van der Waals surface area contributed by atoms with Gasteiger partial charge in [-0.2, -0.15) is 0 Å². The Balaban J connectivity index is 1.31. The predicted molar refractivity (Wildman–Crippen MR) is 138 cm³/mol. The number of piperidine rings is 1. The summed E-state index contributed by atoms with van der Waals surface area (Å²) in [6, 6.07) is 0. The van der Waals surface area contributed by atoms with E-state index in [1.165, 1.54) is 69.8 Å². The van der Waals surface area contributed by atoms with Crippen LogP contribution in [0.2, 0.25) is 0 Å². The van der Waals surface area contributed by atoms with Crippen molar-refractivity contribution in [2.24, 2.45) is 46.8 Å². The van der Waals surface area contributed by atoms with Crippen LogP contribution in [0.15, 0.2) is 23.9 Å². The summed E-state index contributed by atoms with van der Waals surface area (Å²) in [7, 11) is 0. The maximum Gasteiger partial charge on any atom is 0.0340 e. The van der Waals surface area contributed by atoms with Crippen LogP contribution < -0.4 is 10.6 Å². The van der Waals surface area contributed by atoms with Gasteiger partial charge in [-0.1, -0.05) is 37.5 Å². The fourth-order valence-corrected chi connectivity index (χ4v) is 8.50. The Morgan fingerprint density at radius 2 is 1.45 bits per heavy atom. The summed E-state index contributed by atoms with van der Waals surface area (Å²) in [6.45, 7) is 8.21. The van der Waals surface area contributed by atoms with Crippen LogP contribution >= 0.6 is 0 Å². The van der Waals surface area contributed by atoms with Crippen molar-refractivity contribution in [3.8, 4) is 23.7 Å². The Morgan fingerprint density at radius 1 is 0.818 bits per heavy atom. The molecule has 6 atom stereocenters. The first-order chi connectivity index (χ1) is 16.2. The number of hydrogen-bond donors (Lipinski definition) is 2. The summed E-state index contributed by atoms with van der Waals surface area (Å²) in [5.41, 5.74) is 1.72. The number of hydrogen-bond acceptors (Lipinski definition) is 2. The van der Waals surface area contributed by atoms with Crippen LogP contribution in [0.4, 0.5) is 0 Å². The first-order valence-corrected chi connectivity index (χ1v) is 14.1. The van der Waals surface area contributed by atoms with Crippen molar-refractivity contribution in [1.29, 1.82) is 0 Å². The Morgan fingerprint density at radius 3 is 2.06 bits per heavy atom. The average Bonchev–Trinajstić information content (AvgIpc) is 3.16. The number of dihydropyridines is 1. The topological polar surface area (TPSA) is 24.1 Å². The lowest BCUT2D eigenvalue weighted by molar-refractivity contribution is 0.0568. The van der Waals surface area contributed by atoms with Crippen molar-refractivity contribution in [3.05, 3.63) is 23.9 Å². The van der Waals surface area contributed by atoms with Gasteiger partial charge in [-0.3, -0.25) is 0 Å². The Bertz CT molecular complexity index is 864. The van der Waals surface area contributed by atoms with E-state index in [4.69, 9.17) is 0 Å². The van der Waals surface area contributed by atoms with E-state index >= 15 is 0 Å². The van der Waals surface area contributed by atoms with Crippen LogP contribution in [-0.4, -0.2) is 19.6 Å². The van der Waals surface area contributed by atoms with Gasteiger partial charge >= 0.3 is 0 Å². The van der Waals surface area contributed by atoms with Crippen molar-refractivity contribution < 1.29 is 0 Å². The molecule has 2 heteroatoms. The lowest BCUT2D eigenvalue weighted by Crippen LogP contribution is -2.36. The largest absolute Gasteiger partial charge is 0.387 e. The monoisotopic (exact) mass is 444 g/mol. The van der Waals surface area contributed by atoms with Gasteiger partial charge in [0, 0.05) is 29.9 Å². The molecule has 2 nitrogen and oxygen atoms in total. The highest BCUT2D eigenvalue weighted by Gasteiger charge is 2.59. The Hall–Kier alpha value is -1.64. The molecule has 2 heterocycles. The minimum atomic E-state index is 0.527. The lowest BCUT2D eigenvalue weighted by Gasteiger charge is -2.44. The summed E-state index contributed by atoms with van der Waals surface area (Å²) >= 11 is 0. The standard InChI is InChI=1S/C31H44N2/c1-3-31(4-2)29-21-25(7-5-23-13-17-32-18-14-23)9-11-27(29)28-12-10-26(22-30(28)31)8-6-24-15-19-33-20-16-24/h13-14,17,24-30,32-33H,3-4,9-12,15-16,18-22H2,1-2H3. The minimum absolute atomic E-state index is 0.527. The van der Waals surface area contributed by atoms with Crippen LogP contribution in [0.25, 0.3) is 0 Å². The SMILES string of the molecule is CCC1(CC)C2CC(C#CC3=CCNC=C3)CCC2C2CCC(C#CC3CCNCC3)CC21. The second-order valence-corrected chi connectivity index (χ2v) is 11.5. The molecule has 6 unspecified atom stereocenters. The fraction of sp³-hybridized carbons (Fsp3) is 0.742. The van der Waals surface area contributed by atoms with Gasteiger partial charge in [-0.05, 0) is 125 Å². The van der Waals surface area contributed by atoms with E-state index in [1.54, 1.807) is 0 Å². The van der Waals surface area contributed by atoms with Gasteiger partial charge in [0.15, 0.2) is 0 Å². The molecule has 0 aromatic carbocycles. The molecule has 0 amide bonds. The van der Waals surface area contributed by atoms with E-state index < -0.39 is 0 Å². The third-order valence-corrected chi connectivity index (χ3v) is 10.2. The zero-order chi connectivity index (χ0) is 22.7. The van der Waals surface area contributed by atoms with Crippen LogP contribution in [0, 0.1) is 70.5 Å². The van der Waals surface area contributed by atoms with Gasteiger partial charge in [0.2, 0.25) is 0 Å². The maximum atomic E-state index is 3.82. The molecule has 0 radical (unpaired) electrons. The van der Waals surface area contributed by atoms with Gasteiger partial charge in [-0.15, -0.1) is 0 Å². The maximum absolute atomic E-state index is 3.82. The number of rotatable bonds is 2. The summed E-state index contributed by atoms with van der Waals surface area (Å²) in [4.78, 5) is 0. The molecule has 5 aliphatic rings. The second kappa shape index (κ2) is 10.3. The van der Waals surface area contributed by atoms with Gasteiger partial charge in [0.05, 0.1) is 0 Å². The summed E-state index contributed by atoms with van der Waals surface area (Å²) < 4.78 is 0. The van der Waals surface area contributed by atoms with Crippen molar-refractivity contribution in [2.45, 2.75) is 78.1 Å². The molecule has 0 bridgehead atoms. The number of fused-ring (bicyclic) bond motifs is 3. The van der Waals surface area contributed by atoms with Gasteiger partial charge in [-0.25, -0.2) is 0 Å². The van der Waals surface area contributed by atoms with Gasteiger partial charge in [0.25, 0.3) is 0 Å². The molecule has 4 fully saturated rings. The molecule has 1 saturated heterocycles. The summed E-state index contributed by atoms with van der Waals surface area (Å²) in [5.74, 6) is 20.3. The first-order valence-electron chi connectivity index (χ1n) is 14.1. The highest BCUT2D eigenvalue weighted by molar-refractivity contribution is 5.40. The van der Waals surface area contributed by atoms with Gasteiger partial charge in [0.1, 0.15) is 0 Å². The van der Waals surface area contributed by atoms with E-state index in [9.17, 15) is 0 Å². The molecule has 0 aromatic rings. The van der Waals surface area contributed by atoms with Crippen LogP contribution in [-0.2, 0) is 0 Å². The van der Waals surface area contributed by atoms with E-state index in [0.29, 0.717) is 23.2 Å². The third-order valence-electron chi connectivity index (χ3n) is 10.2. The normalized spacial score (nSPS) is 37.3. The zero-order valence-electron chi connectivity index (χ0n) is 21.0. The molecule has 2 N–H and O–H groups in total. The number of allylic oxidation sites excluding steroid dienone is 2. The molecular weight excluding hydrogens is 400 g/mol. The van der Waals surface area contributed by atoms with Crippen LogP contribution in [0.5, 0.6) is 0 Å².